The standard InChI is InChI=1S/C33H66/c1-6-8-10-11-12-13-14-15-16-17-18-19-20-21-22-23-24-25-27-33(29-28-31(3)4)30-32(5)26-9-7-2/h32-33H,3,6-30H2,1-2,4-5H3. The van der Waals surface area contributed by atoms with E-state index in [1.54, 1.807) is 0 Å². The molecule has 0 aliphatic rings. The van der Waals surface area contributed by atoms with Crippen molar-refractivity contribution in [3.8, 4) is 0 Å². The average Bonchev–Trinajstić information content (AvgIpc) is 2.80. The minimum Gasteiger partial charge on any atom is -0.100 e. The largest absolute Gasteiger partial charge is 0.100 e. The maximum Gasteiger partial charge on any atom is -0.0323 e. The molecule has 0 N–H and O–H groups in total. The number of rotatable bonds is 27. The molecule has 0 aromatic carbocycles. The van der Waals surface area contributed by atoms with Gasteiger partial charge in [-0.05, 0) is 38.0 Å². The van der Waals surface area contributed by atoms with Gasteiger partial charge in [-0.15, -0.1) is 6.58 Å². The third-order valence-corrected chi connectivity index (χ3v) is 7.73. The molecule has 0 saturated heterocycles. The zero-order valence-electron chi connectivity index (χ0n) is 24.0. The van der Waals surface area contributed by atoms with Gasteiger partial charge in [-0.2, -0.15) is 0 Å². The van der Waals surface area contributed by atoms with Crippen LogP contribution in [-0.2, 0) is 0 Å². The molecule has 33 heavy (non-hydrogen) atoms. The van der Waals surface area contributed by atoms with Crippen LogP contribution in [0.15, 0.2) is 12.2 Å². The van der Waals surface area contributed by atoms with Gasteiger partial charge in [0.15, 0.2) is 0 Å². The van der Waals surface area contributed by atoms with Crippen LogP contribution >= 0.6 is 0 Å². The third-order valence-electron chi connectivity index (χ3n) is 7.73. The fourth-order valence-corrected chi connectivity index (χ4v) is 5.40. The van der Waals surface area contributed by atoms with Crippen molar-refractivity contribution < 1.29 is 0 Å². The van der Waals surface area contributed by atoms with Crippen molar-refractivity contribution in [3.05, 3.63) is 12.2 Å². The van der Waals surface area contributed by atoms with Gasteiger partial charge in [0.25, 0.3) is 0 Å². The van der Waals surface area contributed by atoms with Crippen molar-refractivity contribution >= 4 is 0 Å². The molecule has 2 atom stereocenters. The molecule has 0 nitrogen and oxygen atoms in total. The van der Waals surface area contributed by atoms with E-state index in [4.69, 9.17) is 0 Å². The zero-order chi connectivity index (χ0) is 24.4. The van der Waals surface area contributed by atoms with Crippen LogP contribution in [0.25, 0.3) is 0 Å². The van der Waals surface area contributed by atoms with Crippen molar-refractivity contribution in [1.29, 1.82) is 0 Å². The van der Waals surface area contributed by atoms with E-state index < -0.39 is 0 Å². The number of hydrogen-bond acceptors (Lipinski definition) is 0. The predicted octanol–water partition coefficient (Wildman–Crippen LogP) is 12.6. The van der Waals surface area contributed by atoms with Gasteiger partial charge in [-0.25, -0.2) is 0 Å². The van der Waals surface area contributed by atoms with Crippen LogP contribution in [0.3, 0.4) is 0 Å². The monoisotopic (exact) mass is 463 g/mol. The molecule has 0 aliphatic carbocycles. The number of hydrogen-bond donors (Lipinski definition) is 0. The second-order valence-electron chi connectivity index (χ2n) is 11.6. The van der Waals surface area contributed by atoms with E-state index in [1.165, 1.54) is 166 Å². The van der Waals surface area contributed by atoms with Gasteiger partial charge in [-0.3, -0.25) is 0 Å². The Kier molecular flexibility index (Phi) is 26.1. The van der Waals surface area contributed by atoms with Crippen LogP contribution in [0.5, 0.6) is 0 Å². The first-order valence-electron chi connectivity index (χ1n) is 15.7. The lowest BCUT2D eigenvalue weighted by Gasteiger charge is -2.21. The number of unbranched alkanes of at least 4 members (excludes halogenated alkanes) is 18. The highest BCUT2D eigenvalue weighted by Crippen LogP contribution is 2.27. The van der Waals surface area contributed by atoms with Gasteiger partial charge in [0, 0.05) is 0 Å². The smallest absolute Gasteiger partial charge is 0.0323 e. The molecule has 0 rings (SSSR count). The average molecular weight is 463 g/mol. The van der Waals surface area contributed by atoms with Crippen molar-refractivity contribution in [2.24, 2.45) is 11.8 Å². The summed E-state index contributed by atoms with van der Waals surface area (Å²) in [6, 6.07) is 0. The van der Waals surface area contributed by atoms with E-state index in [-0.39, 0.29) is 0 Å². The predicted molar refractivity (Wildman–Crippen MR) is 154 cm³/mol. The summed E-state index contributed by atoms with van der Waals surface area (Å²) < 4.78 is 0. The van der Waals surface area contributed by atoms with Crippen LogP contribution in [0.1, 0.15) is 188 Å². The quantitative estimate of drug-likeness (QED) is 0.0840. The molecule has 0 spiro atoms. The first-order valence-corrected chi connectivity index (χ1v) is 15.7. The molecule has 0 saturated carbocycles. The topological polar surface area (TPSA) is 0 Å². The molecule has 0 heterocycles. The second-order valence-corrected chi connectivity index (χ2v) is 11.6. The van der Waals surface area contributed by atoms with Gasteiger partial charge in [0.05, 0.1) is 0 Å². The van der Waals surface area contributed by atoms with Gasteiger partial charge >= 0.3 is 0 Å². The normalized spacial score (nSPS) is 13.3. The molecule has 0 aromatic heterocycles. The van der Waals surface area contributed by atoms with E-state index >= 15 is 0 Å². The summed E-state index contributed by atoms with van der Waals surface area (Å²) in [6.45, 7) is 13.5. The zero-order valence-corrected chi connectivity index (χ0v) is 24.0. The summed E-state index contributed by atoms with van der Waals surface area (Å²) in [7, 11) is 0. The first kappa shape index (κ1) is 32.7. The molecule has 0 heteroatoms. The van der Waals surface area contributed by atoms with Crippen LogP contribution in [-0.4, -0.2) is 0 Å². The fraction of sp³-hybridized carbons (Fsp3) is 0.939. The summed E-state index contributed by atoms with van der Waals surface area (Å²) in [6.07, 6.45) is 36.2. The minimum atomic E-state index is 0.913. The lowest BCUT2D eigenvalue weighted by molar-refractivity contribution is 0.323. The lowest BCUT2D eigenvalue weighted by atomic mass is 9.85. The molecule has 0 fully saturated rings. The molecule has 0 aromatic rings. The van der Waals surface area contributed by atoms with Crippen molar-refractivity contribution in [2.45, 2.75) is 188 Å². The Bertz CT molecular complexity index is 381. The Balaban J connectivity index is 3.50. The first-order chi connectivity index (χ1) is 16.1. The molecule has 2 unspecified atom stereocenters. The Morgan fingerprint density at radius 1 is 0.515 bits per heavy atom. The third kappa shape index (κ3) is 26.2. The molecule has 0 radical (unpaired) electrons. The van der Waals surface area contributed by atoms with Crippen LogP contribution in [0.2, 0.25) is 0 Å². The molecule has 0 bridgehead atoms. The Morgan fingerprint density at radius 3 is 1.30 bits per heavy atom. The highest BCUT2D eigenvalue weighted by atomic mass is 14.2. The lowest BCUT2D eigenvalue weighted by Crippen LogP contribution is -2.07. The Labute approximate surface area is 212 Å². The molecular weight excluding hydrogens is 396 g/mol. The Morgan fingerprint density at radius 2 is 0.909 bits per heavy atom. The van der Waals surface area contributed by atoms with Crippen LogP contribution in [0.4, 0.5) is 0 Å². The fourth-order valence-electron chi connectivity index (χ4n) is 5.40. The number of allylic oxidation sites excluding steroid dienone is 1. The highest BCUT2D eigenvalue weighted by Gasteiger charge is 2.13. The van der Waals surface area contributed by atoms with Crippen LogP contribution in [0, 0.1) is 11.8 Å². The summed E-state index contributed by atoms with van der Waals surface area (Å²) in [5.41, 5.74) is 1.37. The van der Waals surface area contributed by atoms with E-state index in [0.717, 1.165) is 11.8 Å². The van der Waals surface area contributed by atoms with Crippen molar-refractivity contribution in [3.63, 3.8) is 0 Å². The van der Waals surface area contributed by atoms with Crippen LogP contribution < -0.4 is 0 Å². The Hall–Kier alpha value is -0.260. The summed E-state index contributed by atoms with van der Waals surface area (Å²) in [5, 5.41) is 0. The molecular formula is C33H66. The van der Waals surface area contributed by atoms with Gasteiger partial charge in [0.2, 0.25) is 0 Å². The van der Waals surface area contributed by atoms with Crippen molar-refractivity contribution in [2.75, 3.05) is 0 Å². The maximum atomic E-state index is 4.14. The van der Waals surface area contributed by atoms with Gasteiger partial charge in [0.1, 0.15) is 0 Å². The van der Waals surface area contributed by atoms with E-state index in [0.29, 0.717) is 0 Å². The van der Waals surface area contributed by atoms with Gasteiger partial charge in [-0.1, -0.05) is 168 Å². The van der Waals surface area contributed by atoms with E-state index in [1.807, 2.05) is 0 Å². The maximum absolute atomic E-state index is 4.14. The minimum absolute atomic E-state index is 0.913. The summed E-state index contributed by atoms with van der Waals surface area (Å²) in [4.78, 5) is 0. The van der Waals surface area contributed by atoms with Crippen molar-refractivity contribution in [1.82, 2.24) is 0 Å². The summed E-state index contributed by atoms with van der Waals surface area (Å²) in [5.74, 6) is 1.85. The van der Waals surface area contributed by atoms with Gasteiger partial charge < -0.3 is 0 Å². The second kappa shape index (κ2) is 26.3. The molecule has 198 valence electrons. The van der Waals surface area contributed by atoms with E-state index in [9.17, 15) is 0 Å². The highest BCUT2D eigenvalue weighted by molar-refractivity contribution is 4.88. The SMILES string of the molecule is C=C(C)CCC(CCCCCCCCCCCCCCCCCCCC)CC(C)CCCC. The summed E-state index contributed by atoms with van der Waals surface area (Å²) >= 11 is 0. The van der Waals surface area contributed by atoms with E-state index in [2.05, 4.69) is 34.3 Å². The molecule has 0 amide bonds. The molecule has 0 aliphatic heterocycles.